The number of rotatable bonds is 3. The van der Waals surface area contributed by atoms with Gasteiger partial charge in [0.15, 0.2) is 5.82 Å². The molecule has 0 N–H and O–H groups in total. The number of hydrogen-bond acceptors (Lipinski definition) is 6. The maximum atomic E-state index is 12.9. The molecule has 0 unspecified atom stereocenters. The molecule has 2 fully saturated rings. The zero-order chi connectivity index (χ0) is 18.8. The van der Waals surface area contributed by atoms with Crippen LogP contribution < -0.4 is 4.90 Å². The van der Waals surface area contributed by atoms with E-state index in [2.05, 4.69) is 32.2 Å². The molecule has 1 amide bonds. The Morgan fingerprint density at radius 1 is 1.07 bits per heavy atom. The van der Waals surface area contributed by atoms with E-state index in [1.54, 1.807) is 0 Å². The molecule has 0 radical (unpaired) electrons. The van der Waals surface area contributed by atoms with E-state index in [-0.39, 0.29) is 11.8 Å². The fourth-order valence-corrected chi connectivity index (χ4v) is 4.09. The molecular formula is C20H27N5O2. The van der Waals surface area contributed by atoms with Gasteiger partial charge in [-0.25, -0.2) is 4.98 Å². The van der Waals surface area contributed by atoms with E-state index in [0.29, 0.717) is 11.7 Å². The van der Waals surface area contributed by atoms with Crippen LogP contribution in [0.1, 0.15) is 48.9 Å². The van der Waals surface area contributed by atoms with Crippen LogP contribution in [0.3, 0.4) is 0 Å². The Morgan fingerprint density at radius 2 is 1.81 bits per heavy atom. The van der Waals surface area contributed by atoms with Crippen LogP contribution in [0.15, 0.2) is 22.9 Å². The van der Waals surface area contributed by atoms with E-state index in [0.717, 1.165) is 63.6 Å². The highest BCUT2D eigenvalue weighted by molar-refractivity contribution is 5.79. The number of anilines is 1. The first-order valence-corrected chi connectivity index (χ1v) is 9.87. The molecule has 2 aliphatic heterocycles. The highest BCUT2D eigenvalue weighted by Gasteiger charge is 2.32. The minimum atomic E-state index is 0.133. The first kappa shape index (κ1) is 17.9. The van der Waals surface area contributed by atoms with E-state index in [9.17, 15) is 4.79 Å². The fraction of sp³-hybridized carbons (Fsp3) is 0.600. The van der Waals surface area contributed by atoms with Gasteiger partial charge in [-0.2, -0.15) is 4.98 Å². The van der Waals surface area contributed by atoms with Crippen molar-refractivity contribution < 1.29 is 9.32 Å². The predicted octanol–water partition coefficient (Wildman–Crippen LogP) is 2.70. The largest absolute Gasteiger partial charge is 0.357 e. The minimum Gasteiger partial charge on any atom is -0.357 e. The second-order valence-electron chi connectivity index (χ2n) is 7.73. The van der Waals surface area contributed by atoms with Crippen LogP contribution in [0.5, 0.6) is 0 Å². The zero-order valence-electron chi connectivity index (χ0n) is 16.1. The monoisotopic (exact) mass is 369 g/mol. The van der Waals surface area contributed by atoms with E-state index in [4.69, 9.17) is 4.52 Å². The van der Waals surface area contributed by atoms with Crippen molar-refractivity contribution in [2.45, 2.75) is 45.4 Å². The van der Waals surface area contributed by atoms with Crippen LogP contribution in [-0.4, -0.2) is 52.1 Å². The Balaban J connectivity index is 1.28. The van der Waals surface area contributed by atoms with Gasteiger partial charge >= 0.3 is 0 Å². The van der Waals surface area contributed by atoms with Gasteiger partial charge < -0.3 is 14.3 Å². The molecule has 4 rings (SSSR count). The molecule has 0 bridgehead atoms. The van der Waals surface area contributed by atoms with Gasteiger partial charge in [-0.05, 0) is 51.2 Å². The summed E-state index contributed by atoms with van der Waals surface area (Å²) < 4.78 is 5.30. The van der Waals surface area contributed by atoms with Crippen LogP contribution in [0.25, 0.3) is 0 Å². The van der Waals surface area contributed by atoms with Gasteiger partial charge in [0.1, 0.15) is 5.82 Å². The van der Waals surface area contributed by atoms with Crippen LogP contribution >= 0.6 is 0 Å². The summed E-state index contributed by atoms with van der Waals surface area (Å²) >= 11 is 0. The smallest absolute Gasteiger partial charge is 0.229 e. The number of piperidine rings is 2. The highest BCUT2D eigenvalue weighted by Crippen LogP contribution is 2.29. The van der Waals surface area contributed by atoms with Crippen LogP contribution in [0.2, 0.25) is 0 Å². The van der Waals surface area contributed by atoms with Gasteiger partial charge in [0, 0.05) is 44.2 Å². The number of amides is 1. The molecule has 4 heterocycles. The molecule has 7 heteroatoms. The Bertz CT molecular complexity index is 772. The highest BCUT2D eigenvalue weighted by atomic mass is 16.5. The molecule has 2 saturated heterocycles. The summed E-state index contributed by atoms with van der Waals surface area (Å²) in [5.41, 5.74) is 1.17. The summed E-state index contributed by atoms with van der Waals surface area (Å²) in [5.74, 6) is 3.14. The summed E-state index contributed by atoms with van der Waals surface area (Å²) in [6.45, 7) is 7.23. The van der Waals surface area contributed by atoms with Gasteiger partial charge in [0.05, 0.1) is 0 Å². The molecule has 2 aromatic rings. The summed E-state index contributed by atoms with van der Waals surface area (Å²) in [4.78, 5) is 26.1. The Hall–Kier alpha value is -2.44. The molecule has 0 aromatic carbocycles. The van der Waals surface area contributed by atoms with Gasteiger partial charge in [-0.3, -0.25) is 4.79 Å². The van der Waals surface area contributed by atoms with Crippen LogP contribution in [0, 0.1) is 19.8 Å². The molecule has 2 aliphatic rings. The molecule has 0 atom stereocenters. The maximum absolute atomic E-state index is 12.9. The quantitative estimate of drug-likeness (QED) is 0.828. The molecule has 7 nitrogen and oxygen atoms in total. The number of nitrogens with zero attached hydrogens (tertiary/aromatic N) is 5. The number of carbonyl (C=O) groups is 1. The second kappa shape index (κ2) is 7.66. The van der Waals surface area contributed by atoms with E-state index >= 15 is 0 Å². The number of aromatic nitrogens is 3. The van der Waals surface area contributed by atoms with Crippen molar-refractivity contribution in [3.8, 4) is 0 Å². The van der Waals surface area contributed by atoms with E-state index in [1.807, 2.05) is 24.9 Å². The van der Waals surface area contributed by atoms with Crippen LogP contribution in [0.4, 0.5) is 5.82 Å². The minimum absolute atomic E-state index is 0.133. The second-order valence-corrected chi connectivity index (χ2v) is 7.73. The van der Waals surface area contributed by atoms with E-state index < -0.39 is 0 Å². The van der Waals surface area contributed by atoms with Crippen molar-refractivity contribution >= 4 is 11.7 Å². The lowest BCUT2D eigenvalue weighted by molar-refractivity contribution is -0.137. The fourth-order valence-electron chi connectivity index (χ4n) is 4.09. The van der Waals surface area contributed by atoms with E-state index in [1.165, 1.54) is 5.56 Å². The Morgan fingerprint density at radius 3 is 2.41 bits per heavy atom. The van der Waals surface area contributed by atoms with Crippen molar-refractivity contribution in [1.82, 2.24) is 20.0 Å². The van der Waals surface area contributed by atoms with Crippen molar-refractivity contribution in [3.63, 3.8) is 0 Å². The summed E-state index contributed by atoms with van der Waals surface area (Å²) in [6.07, 6.45) is 5.51. The van der Waals surface area contributed by atoms with Crippen LogP contribution in [-0.2, 0) is 4.79 Å². The average molecular weight is 369 g/mol. The molecule has 0 aliphatic carbocycles. The van der Waals surface area contributed by atoms with Crippen molar-refractivity contribution in [2.75, 3.05) is 31.1 Å². The van der Waals surface area contributed by atoms with Gasteiger partial charge in [0.25, 0.3) is 0 Å². The lowest BCUT2D eigenvalue weighted by atomic mass is 9.92. The Kier molecular flexibility index (Phi) is 5.09. The molecular weight excluding hydrogens is 342 g/mol. The standard InChI is InChI=1S/C20H27N5O2/c1-14-3-4-18(21-13-14)24-9-7-17(8-10-24)20(26)25-11-5-16(6-12-25)19-22-15(2)23-27-19/h3-4,13,16-17H,5-12H2,1-2H3. The lowest BCUT2D eigenvalue weighted by Gasteiger charge is -2.37. The normalized spacial score (nSPS) is 19.5. The maximum Gasteiger partial charge on any atom is 0.229 e. The first-order valence-electron chi connectivity index (χ1n) is 9.87. The molecule has 0 spiro atoms. The third-order valence-electron chi connectivity index (χ3n) is 5.76. The number of hydrogen-bond donors (Lipinski definition) is 0. The molecule has 27 heavy (non-hydrogen) atoms. The average Bonchev–Trinajstić information content (AvgIpc) is 3.15. The van der Waals surface area contributed by atoms with Gasteiger partial charge in [-0.15, -0.1) is 0 Å². The SMILES string of the molecule is Cc1ccc(N2CCC(C(=O)N3CCC(c4nc(C)no4)CC3)CC2)nc1. The Labute approximate surface area is 159 Å². The summed E-state index contributed by atoms with van der Waals surface area (Å²) in [7, 11) is 0. The predicted molar refractivity (Wildman–Crippen MR) is 102 cm³/mol. The summed E-state index contributed by atoms with van der Waals surface area (Å²) in [5, 5.41) is 3.88. The number of aryl methyl sites for hydroxylation is 2. The lowest BCUT2D eigenvalue weighted by Crippen LogP contribution is -2.45. The molecule has 2 aromatic heterocycles. The zero-order valence-corrected chi connectivity index (χ0v) is 16.1. The van der Waals surface area contributed by atoms with Crippen molar-refractivity contribution in [3.05, 3.63) is 35.6 Å². The molecule has 0 saturated carbocycles. The topological polar surface area (TPSA) is 75.4 Å². The van der Waals surface area contributed by atoms with Gasteiger partial charge in [-0.1, -0.05) is 11.2 Å². The number of likely N-dealkylation sites (tertiary alicyclic amines) is 1. The summed E-state index contributed by atoms with van der Waals surface area (Å²) in [6, 6.07) is 4.16. The third kappa shape index (κ3) is 3.96. The third-order valence-corrected chi connectivity index (χ3v) is 5.76. The van der Waals surface area contributed by atoms with Crippen molar-refractivity contribution in [1.29, 1.82) is 0 Å². The molecule has 144 valence electrons. The number of carbonyl (C=O) groups excluding carboxylic acids is 1. The van der Waals surface area contributed by atoms with Crippen molar-refractivity contribution in [2.24, 2.45) is 5.92 Å². The van der Waals surface area contributed by atoms with Gasteiger partial charge in [0.2, 0.25) is 11.8 Å². The number of pyridine rings is 1. The first-order chi connectivity index (χ1) is 13.1.